The molecule has 0 bridgehead atoms. The van der Waals surface area contributed by atoms with E-state index in [1.54, 1.807) is 35.0 Å². The molecule has 0 saturated heterocycles. The van der Waals surface area contributed by atoms with Crippen molar-refractivity contribution in [3.8, 4) is 0 Å². The van der Waals surface area contributed by atoms with Gasteiger partial charge in [-0.3, -0.25) is 4.79 Å². The highest BCUT2D eigenvalue weighted by Crippen LogP contribution is 2.31. The molecule has 0 unspecified atom stereocenters. The number of carbonyl (C=O) groups is 1. The number of rotatable bonds is 10. The van der Waals surface area contributed by atoms with Crippen molar-refractivity contribution < 1.29 is 13.2 Å². The Morgan fingerprint density at radius 2 is 1.88 bits per heavy atom. The highest BCUT2D eigenvalue weighted by Gasteiger charge is 2.30. The van der Waals surface area contributed by atoms with Crippen LogP contribution in [0.4, 0.5) is 0 Å². The molecule has 1 aliphatic rings. The Kier molecular flexibility index (Phi) is 7.43. The van der Waals surface area contributed by atoms with E-state index in [2.05, 4.69) is 4.98 Å². The average molecular weight is 500 g/mol. The summed E-state index contributed by atoms with van der Waals surface area (Å²) < 4.78 is 28.5. The zero-order valence-electron chi connectivity index (χ0n) is 19.5. The fraction of sp³-hybridized carbons (Fsp3) is 0.385. The van der Waals surface area contributed by atoms with Gasteiger partial charge < -0.3 is 9.47 Å². The standard InChI is InChI=1S/C26H30ClN3O3S/c1-19(2)15-30-24(14-28-26(30)34(32,33)18-21-7-6-10-23(27)13-21)17-29(16-20-11-12-20)25(31)22-8-4-3-5-9-22/h3-10,13-14,19-20H,11-12,15-18H2,1-2H3. The maximum absolute atomic E-state index is 13.4. The maximum Gasteiger partial charge on any atom is 0.254 e. The van der Waals surface area contributed by atoms with Crippen LogP contribution in [0.3, 0.4) is 0 Å². The molecule has 1 fully saturated rings. The van der Waals surface area contributed by atoms with Gasteiger partial charge in [-0.25, -0.2) is 13.4 Å². The molecule has 1 aromatic heterocycles. The molecule has 0 N–H and O–H groups in total. The van der Waals surface area contributed by atoms with Crippen molar-refractivity contribution in [3.05, 3.63) is 82.6 Å². The Morgan fingerprint density at radius 1 is 1.15 bits per heavy atom. The second-order valence-corrected chi connectivity index (χ2v) is 11.7. The Balaban J connectivity index is 1.65. The highest BCUT2D eigenvalue weighted by molar-refractivity contribution is 7.90. The fourth-order valence-electron chi connectivity index (χ4n) is 4.03. The minimum Gasteiger partial charge on any atom is -0.332 e. The van der Waals surface area contributed by atoms with Crippen LogP contribution in [0, 0.1) is 11.8 Å². The van der Waals surface area contributed by atoms with E-state index in [0.717, 1.165) is 18.5 Å². The number of hydrogen-bond donors (Lipinski definition) is 0. The van der Waals surface area contributed by atoms with Crippen LogP contribution in [0.1, 0.15) is 48.3 Å². The zero-order valence-corrected chi connectivity index (χ0v) is 21.1. The van der Waals surface area contributed by atoms with Crippen molar-refractivity contribution in [3.63, 3.8) is 0 Å². The SMILES string of the molecule is CC(C)Cn1c(CN(CC2CC2)C(=O)c2ccccc2)cnc1S(=O)(=O)Cc1cccc(Cl)c1. The summed E-state index contributed by atoms with van der Waals surface area (Å²) in [6.45, 7) is 5.54. The molecule has 34 heavy (non-hydrogen) atoms. The quantitative estimate of drug-likeness (QED) is 0.383. The van der Waals surface area contributed by atoms with Crippen LogP contribution < -0.4 is 0 Å². The topological polar surface area (TPSA) is 72.3 Å². The zero-order chi connectivity index (χ0) is 24.3. The van der Waals surface area contributed by atoms with Gasteiger partial charge in [0.25, 0.3) is 5.91 Å². The smallest absolute Gasteiger partial charge is 0.254 e. The minimum atomic E-state index is -3.71. The molecule has 1 amide bonds. The lowest BCUT2D eigenvalue weighted by molar-refractivity contribution is 0.0730. The average Bonchev–Trinajstić information content (AvgIpc) is 3.52. The van der Waals surface area contributed by atoms with Gasteiger partial charge in [0.15, 0.2) is 0 Å². The first kappa shape index (κ1) is 24.5. The maximum atomic E-state index is 13.4. The van der Waals surface area contributed by atoms with Gasteiger partial charge in [-0.05, 0) is 54.5 Å². The summed E-state index contributed by atoms with van der Waals surface area (Å²) in [4.78, 5) is 19.5. The van der Waals surface area contributed by atoms with Crippen molar-refractivity contribution >= 4 is 27.3 Å². The first-order valence-electron chi connectivity index (χ1n) is 11.6. The Labute approximate surface area is 206 Å². The number of aromatic nitrogens is 2. The van der Waals surface area contributed by atoms with Crippen LogP contribution in [-0.4, -0.2) is 35.3 Å². The lowest BCUT2D eigenvalue weighted by atomic mass is 10.2. The molecular formula is C26H30ClN3O3S. The Morgan fingerprint density at radius 3 is 2.53 bits per heavy atom. The summed E-state index contributed by atoms with van der Waals surface area (Å²) >= 11 is 6.05. The number of halogens is 1. The second kappa shape index (κ2) is 10.3. The van der Waals surface area contributed by atoms with E-state index in [1.165, 1.54) is 0 Å². The number of sulfone groups is 1. The number of hydrogen-bond acceptors (Lipinski definition) is 4. The van der Waals surface area contributed by atoms with Crippen molar-refractivity contribution in [2.75, 3.05) is 6.54 Å². The largest absolute Gasteiger partial charge is 0.332 e. The van der Waals surface area contributed by atoms with Crippen molar-refractivity contribution in [1.29, 1.82) is 0 Å². The number of imidazole rings is 1. The lowest BCUT2D eigenvalue weighted by Crippen LogP contribution is -2.33. The van der Waals surface area contributed by atoms with E-state index < -0.39 is 9.84 Å². The summed E-state index contributed by atoms with van der Waals surface area (Å²) in [5.41, 5.74) is 1.97. The van der Waals surface area contributed by atoms with Gasteiger partial charge in [0.1, 0.15) is 0 Å². The molecule has 180 valence electrons. The first-order valence-corrected chi connectivity index (χ1v) is 13.6. The molecule has 3 aromatic rings. The number of amides is 1. The molecule has 8 heteroatoms. The molecule has 6 nitrogen and oxygen atoms in total. The molecule has 0 atom stereocenters. The minimum absolute atomic E-state index is 0.0368. The normalized spacial score (nSPS) is 13.9. The van der Waals surface area contributed by atoms with Crippen LogP contribution in [0.5, 0.6) is 0 Å². The third-order valence-electron chi connectivity index (χ3n) is 5.81. The lowest BCUT2D eigenvalue weighted by Gasteiger charge is -2.24. The van der Waals surface area contributed by atoms with E-state index in [4.69, 9.17) is 11.6 Å². The Bertz CT molecular complexity index is 1250. The number of benzene rings is 2. The van der Waals surface area contributed by atoms with Crippen molar-refractivity contribution in [2.45, 2.75) is 50.7 Å². The number of carbonyl (C=O) groups excluding carboxylic acids is 1. The van der Waals surface area contributed by atoms with Gasteiger partial charge >= 0.3 is 0 Å². The summed E-state index contributed by atoms with van der Waals surface area (Å²) in [5, 5.41) is 0.531. The first-order chi connectivity index (χ1) is 16.2. The number of nitrogens with zero attached hydrogens (tertiary/aromatic N) is 3. The molecule has 0 spiro atoms. The van der Waals surface area contributed by atoms with Gasteiger partial charge in [-0.2, -0.15) is 0 Å². The third kappa shape index (κ3) is 6.07. The third-order valence-corrected chi connectivity index (χ3v) is 7.64. The van der Waals surface area contributed by atoms with E-state index in [1.807, 2.05) is 49.1 Å². The molecule has 1 heterocycles. The van der Waals surface area contributed by atoms with Crippen LogP contribution >= 0.6 is 11.6 Å². The predicted molar refractivity (Wildman–Crippen MR) is 133 cm³/mol. The summed E-state index contributed by atoms with van der Waals surface area (Å²) in [6, 6.07) is 16.1. The highest BCUT2D eigenvalue weighted by atomic mass is 35.5. The monoisotopic (exact) mass is 499 g/mol. The van der Waals surface area contributed by atoms with E-state index in [-0.39, 0.29) is 22.7 Å². The molecule has 2 aromatic carbocycles. The van der Waals surface area contributed by atoms with Crippen molar-refractivity contribution in [2.24, 2.45) is 11.8 Å². The van der Waals surface area contributed by atoms with Gasteiger partial charge in [-0.15, -0.1) is 0 Å². The summed E-state index contributed by atoms with van der Waals surface area (Å²) in [6.07, 6.45) is 3.83. The molecule has 1 saturated carbocycles. The van der Waals surface area contributed by atoms with E-state index in [0.29, 0.717) is 41.7 Å². The molecule has 0 aliphatic heterocycles. The molecule has 4 rings (SSSR count). The van der Waals surface area contributed by atoms with Crippen molar-refractivity contribution in [1.82, 2.24) is 14.5 Å². The Hall–Kier alpha value is -2.64. The van der Waals surface area contributed by atoms with Gasteiger partial charge in [0.05, 0.1) is 24.2 Å². The molecule has 0 radical (unpaired) electrons. The van der Waals surface area contributed by atoms with Gasteiger partial charge in [0, 0.05) is 23.7 Å². The van der Waals surface area contributed by atoms with Crippen LogP contribution in [0.15, 0.2) is 66.0 Å². The van der Waals surface area contributed by atoms with Gasteiger partial charge in [0.2, 0.25) is 15.0 Å². The van der Waals surface area contributed by atoms with Crippen LogP contribution in [0.25, 0.3) is 0 Å². The van der Waals surface area contributed by atoms with E-state index in [9.17, 15) is 13.2 Å². The van der Waals surface area contributed by atoms with Crippen LogP contribution in [0.2, 0.25) is 5.02 Å². The predicted octanol–water partition coefficient (Wildman–Crippen LogP) is 5.22. The second-order valence-electron chi connectivity index (χ2n) is 9.42. The summed E-state index contributed by atoms with van der Waals surface area (Å²) in [5.74, 6) is 0.472. The molecule has 1 aliphatic carbocycles. The molecular weight excluding hydrogens is 470 g/mol. The van der Waals surface area contributed by atoms with Crippen LogP contribution in [-0.2, 0) is 28.7 Å². The summed E-state index contributed by atoms with van der Waals surface area (Å²) in [7, 11) is -3.71. The van der Waals surface area contributed by atoms with E-state index >= 15 is 0 Å². The fourth-order valence-corrected chi connectivity index (χ4v) is 5.73. The van der Waals surface area contributed by atoms with Gasteiger partial charge in [-0.1, -0.05) is 55.8 Å².